The number of pyridine rings is 1. The summed E-state index contributed by atoms with van der Waals surface area (Å²) >= 11 is 1.16. The second kappa shape index (κ2) is 5.77. The number of nitrogens with one attached hydrogen (secondary N) is 1. The molecule has 122 valence electrons. The fourth-order valence-corrected chi connectivity index (χ4v) is 3.82. The smallest absolute Gasteiger partial charge is 0.255 e. The van der Waals surface area contributed by atoms with Crippen molar-refractivity contribution in [2.75, 3.05) is 15.3 Å². The van der Waals surface area contributed by atoms with Gasteiger partial charge < -0.3 is 10.1 Å². The molecule has 0 unspecified atom stereocenters. The van der Waals surface area contributed by atoms with Crippen molar-refractivity contribution in [3.63, 3.8) is 0 Å². The first-order valence-electron chi connectivity index (χ1n) is 7.50. The van der Waals surface area contributed by atoms with Crippen LogP contribution >= 0.6 is 12.1 Å². The van der Waals surface area contributed by atoms with Gasteiger partial charge in [0.25, 0.3) is 5.56 Å². The molecule has 4 rings (SSSR count). The van der Waals surface area contributed by atoms with Gasteiger partial charge in [0.2, 0.25) is 0 Å². The summed E-state index contributed by atoms with van der Waals surface area (Å²) in [5.74, 6) is 0.245. The number of fused-ring (bicyclic) bond motifs is 2. The number of aromatic amines is 1. The van der Waals surface area contributed by atoms with Crippen LogP contribution in [0.4, 0.5) is 11.4 Å². The first kappa shape index (κ1) is 14.9. The molecule has 24 heavy (non-hydrogen) atoms. The van der Waals surface area contributed by atoms with Crippen molar-refractivity contribution in [3.8, 4) is 5.75 Å². The van der Waals surface area contributed by atoms with Crippen molar-refractivity contribution in [2.45, 2.75) is 6.42 Å². The number of rotatable bonds is 3. The lowest BCUT2D eigenvalue weighted by Crippen LogP contribution is -2.21. The number of benzene rings is 2. The molecule has 0 fully saturated rings. The van der Waals surface area contributed by atoms with E-state index in [1.165, 1.54) is 0 Å². The number of H-pyrrole nitrogens is 1. The normalized spacial score (nSPS) is 13.3. The van der Waals surface area contributed by atoms with Crippen LogP contribution in [0.1, 0.15) is 5.56 Å². The molecule has 0 bridgehead atoms. The van der Waals surface area contributed by atoms with Gasteiger partial charge in [-0.3, -0.25) is 14.3 Å². The molecular formula is C17H15N3O3S. The maximum Gasteiger partial charge on any atom is 0.255 e. The quantitative estimate of drug-likeness (QED) is 0.502. The molecule has 1 aliphatic heterocycles. The molecule has 2 heterocycles. The van der Waals surface area contributed by atoms with Gasteiger partial charge in [-0.25, -0.2) is 0 Å². The van der Waals surface area contributed by atoms with E-state index in [0.717, 1.165) is 40.8 Å². The van der Waals surface area contributed by atoms with Crippen molar-refractivity contribution in [3.05, 3.63) is 64.6 Å². The number of phenols is 1. The molecule has 3 aromatic rings. The topological polar surface area (TPSA) is 79.8 Å². The number of hydrogen-bond donors (Lipinski definition) is 3. The summed E-state index contributed by atoms with van der Waals surface area (Å²) in [6.45, 7) is 0.728. The maximum atomic E-state index is 11.9. The second-order valence-electron chi connectivity index (χ2n) is 5.56. The SMILES string of the molecule is O=c1[nH]ccc2c(N(O)SN3CCc4cc(O)ccc43)cccc12. The van der Waals surface area contributed by atoms with E-state index in [-0.39, 0.29) is 11.3 Å². The molecular weight excluding hydrogens is 326 g/mol. The van der Waals surface area contributed by atoms with Gasteiger partial charge in [-0.05, 0) is 48.4 Å². The number of nitrogens with zero attached hydrogens (tertiary/aromatic N) is 2. The predicted molar refractivity (Wildman–Crippen MR) is 95.6 cm³/mol. The summed E-state index contributed by atoms with van der Waals surface area (Å²) < 4.78 is 3.03. The maximum absolute atomic E-state index is 11.9. The van der Waals surface area contributed by atoms with Crippen LogP contribution in [-0.4, -0.2) is 21.8 Å². The highest BCUT2D eigenvalue weighted by Crippen LogP contribution is 2.38. The van der Waals surface area contributed by atoms with Crippen molar-refractivity contribution >= 4 is 34.3 Å². The van der Waals surface area contributed by atoms with E-state index in [0.29, 0.717) is 16.5 Å². The first-order chi connectivity index (χ1) is 11.6. The van der Waals surface area contributed by atoms with Gasteiger partial charge >= 0.3 is 0 Å². The number of phenolic OH excluding ortho intramolecular Hbond substituents is 1. The average molecular weight is 341 g/mol. The Morgan fingerprint density at radius 3 is 2.92 bits per heavy atom. The number of anilines is 2. The Kier molecular flexibility index (Phi) is 3.59. The molecule has 0 amide bonds. The third kappa shape index (κ3) is 2.47. The number of aromatic hydroxyl groups is 1. The van der Waals surface area contributed by atoms with Gasteiger partial charge in [0.05, 0.1) is 23.5 Å². The number of hydrogen-bond acceptors (Lipinski definition) is 6. The van der Waals surface area contributed by atoms with Crippen LogP contribution < -0.4 is 14.3 Å². The monoisotopic (exact) mass is 341 g/mol. The Labute approximate surface area is 142 Å². The highest BCUT2D eigenvalue weighted by atomic mass is 32.2. The Morgan fingerprint density at radius 1 is 1.17 bits per heavy atom. The van der Waals surface area contributed by atoms with Crippen LogP contribution in [0.25, 0.3) is 10.8 Å². The minimum atomic E-state index is -0.185. The molecule has 0 spiro atoms. The molecule has 1 aromatic heterocycles. The van der Waals surface area contributed by atoms with E-state index in [4.69, 9.17) is 0 Å². The summed E-state index contributed by atoms with van der Waals surface area (Å²) in [7, 11) is 0. The minimum Gasteiger partial charge on any atom is -0.508 e. The zero-order valence-corrected chi connectivity index (χ0v) is 13.5. The van der Waals surface area contributed by atoms with Gasteiger partial charge in [-0.2, -0.15) is 4.47 Å². The van der Waals surface area contributed by atoms with Gasteiger partial charge in [-0.15, -0.1) is 0 Å². The summed E-state index contributed by atoms with van der Waals surface area (Å²) in [5, 5.41) is 21.3. The molecule has 2 aromatic carbocycles. The lowest BCUT2D eigenvalue weighted by atomic mass is 10.1. The molecule has 0 atom stereocenters. The highest BCUT2D eigenvalue weighted by Gasteiger charge is 2.23. The van der Waals surface area contributed by atoms with Crippen LogP contribution in [0.5, 0.6) is 5.75 Å². The van der Waals surface area contributed by atoms with E-state index >= 15 is 0 Å². The molecule has 6 nitrogen and oxygen atoms in total. The van der Waals surface area contributed by atoms with Crippen molar-refractivity contribution in [1.29, 1.82) is 0 Å². The summed E-state index contributed by atoms with van der Waals surface area (Å²) in [4.78, 5) is 14.5. The predicted octanol–water partition coefficient (Wildman–Crippen LogP) is 3.06. The molecule has 3 N–H and O–H groups in total. The van der Waals surface area contributed by atoms with Crippen molar-refractivity contribution < 1.29 is 10.3 Å². The molecule has 7 heteroatoms. The summed E-state index contributed by atoms with van der Waals surface area (Å²) in [6, 6.07) is 12.2. The van der Waals surface area contributed by atoms with Crippen LogP contribution in [0.2, 0.25) is 0 Å². The van der Waals surface area contributed by atoms with Crippen molar-refractivity contribution in [2.24, 2.45) is 0 Å². The Balaban J connectivity index is 1.66. The third-order valence-electron chi connectivity index (χ3n) is 4.09. The first-order valence-corrected chi connectivity index (χ1v) is 8.23. The summed E-state index contributed by atoms with van der Waals surface area (Å²) in [6.07, 6.45) is 2.38. The van der Waals surface area contributed by atoms with E-state index < -0.39 is 0 Å². The van der Waals surface area contributed by atoms with E-state index in [1.54, 1.807) is 42.6 Å². The van der Waals surface area contributed by atoms with Crippen LogP contribution in [-0.2, 0) is 6.42 Å². The molecule has 0 aliphatic carbocycles. The largest absolute Gasteiger partial charge is 0.508 e. The molecule has 0 radical (unpaired) electrons. The van der Waals surface area contributed by atoms with Gasteiger partial charge in [0.1, 0.15) is 5.75 Å². The van der Waals surface area contributed by atoms with Gasteiger partial charge in [-0.1, -0.05) is 6.07 Å². The van der Waals surface area contributed by atoms with Gasteiger partial charge in [0, 0.05) is 23.5 Å². The average Bonchev–Trinajstić information content (AvgIpc) is 2.96. The fraction of sp³-hybridized carbons (Fsp3) is 0.118. The molecule has 1 aliphatic rings. The van der Waals surface area contributed by atoms with Crippen LogP contribution in [0.15, 0.2) is 53.5 Å². The second-order valence-corrected chi connectivity index (χ2v) is 6.51. The lowest BCUT2D eigenvalue weighted by molar-refractivity contribution is 0.333. The van der Waals surface area contributed by atoms with E-state index in [9.17, 15) is 15.1 Å². The Morgan fingerprint density at radius 2 is 2.04 bits per heavy atom. The zero-order valence-electron chi connectivity index (χ0n) is 12.6. The fourth-order valence-electron chi connectivity index (χ4n) is 2.95. The third-order valence-corrected chi connectivity index (χ3v) is 5.02. The van der Waals surface area contributed by atoms with Crippen LogP contribution in [0.3, 0.4) is 0 Å². The van der Waals surface area contributed by atoms with Crippen molar-refractivity contribution in [1.82, 2.24) is 4.98 Å². The molecule has 0 saturated heterocycles. The Hall–Kier alpha value is -2.64. The minimum absolute atomic E-state index is 0.185. The van der Waals surface area contributed by atoms with Crippen LogP contribution in [0, 0.1) is 0 Å². The van der Waals surface area contributed by atoms with E-state index in [2.05, 4.69) is 4.98 Å². The van der Waals surface area contributed by atoms with E-state index in [1.807, 2.05) is 10.4 Å². The summed E-state index contributed by atoms with van der Waals surface area (Å²) in [5.41, 5.74) is 2.38. The molecule has 0 saturated carbocycles. The number of aromatic nitrogens is 1. The van der Waals surface area contributed by atoms with Gasteiger partial charge in [0.15, 0.2) is 0 Å². The standard InChI is InChI=1S/C17H15N3O3S/c21-12-4-5-15-11(10-12)7-9-19(15)24-20(23)16-3-1-2-14-13(16)6-8-18-17(14)22/h1-6,8,10,21,23H,7,9H2,(H,18,22). The highest BCUT2D eigenvalue weighted by molar-refractivity contribution is 8.01. The lowest BCUT2D eigenvalue weighted by Gasteiger charge is -2.24. The Bertz CT molecular complexity index is 973. The zero-order chi connectivity index (χ0) is 16.7.